The van der Waals surface area contributed by atoms with E-state index in [9.17, 15) is 4.79 Å². The summed E-state index contributed by atoms with van der Waals surface area (Å²) in [6, 6.07) is 5.87. The van der Waals surface area contributed by atoms with Crippen molar-refractivity contribution >= 4 is 62.3 Å². The Morgan fingerprint density at radius 3 is 2.33 bits per heavy atom. The van der Waals surface area contributed by atoms with E-state index >= 15 is 0 Å². The van der Waals surface area contributed by atoms with E-state index in [2.05, 4.69) is 15.9 Å². The number of nitrogens with two attached hydrogens (primary N) is 2. The first-order valence-electron chi connectivity index (χ1n) is 5.51. The Balaban J connectivity index is 2.54. The highest BCUT2D eigenvalue weighted by molar-refractivity contribution is 9.10. The molecule has 0 heterocycles. The molecular formula is C13H8BrCl3N2O2. The van der Waals surface area contributed by atoms with Crippen molar-refractivity contribution in [2.45, 2.75) is 0 Å². The van der Waals surface area contributed by atoms with Gasteiger partial charge < -0.3 is 16.2 Å². The van der Waals surface area contributed by atoms with Gasteiger partial charge in [0.15, 0.2) is 5.75 Å². The van der Waals surface area contributed by atoms with Crippen molar-refractivity contribution < 1.29 is 9.53 Å². The molecule has 0 saturated carbocycles. The number of carbonyl (C=O) groups excluding carboxylic acids is 1. The van der Waals surface area contributed by atoms with Crippen molar-refractivity contribution in [3.05, 3.63) is 49.4 Å². The Labute approximate surface area is 144 Å². The average Bonchev–Trinajstić information content (AvgIpc) is 2.38. The third kappa shape index (κ3) is 3.55. The zero-order chi connectivity index (χ0) is 15.7. The van der Waals surface area contributed by atoms with Gasteiger partial charge in [0.05, 0.1) is 20.6 Å². The second kappa shape index (κ2) is 6.32. The summed E-state index contributed by atoms with van der Waals surface area (Å²) in [6.07, 6.45) is 0. The van der Waals surface area contributed by atoms with Crippen LogP contribution in [0.1, 0.15) is 10.4 Å². The van der Waals surface area contributed by atoms with Gasteiger partial charge in [-0.25, -0.2) is 0 Å². The SMILES string of the molecule is NC(=O)c1cc(N)cc(Cl)c1Oc1cc(Cl)c(Br)cc1Cl. The summed E-state index contributed by atoms with van der Waals surface area (Å²) in [7, 11) is 0. The molecule has 2 rings (SSSR count). The van der Waals surface area contributed by atoms with Crippen LogP contribution in [-0.2, 0) is 0 Å². The van der Waals surface area contributed by atoms with Crippen molar-refractivity contribution in [1.82, 2.24) is 0 Å². The van der Waals surface area contributed by atoms with E-state index in [1.807, 2.05) is 0 Å². The molecule has 2 aromatic carbocycles. The number of benzene rings is 2. The number of halogens is 4. The number of hydrogen-bond donors (Lipinski definition) is 2. The van der Waals surface area contributed by atoms with E-state index in [0.717, 1.165) is 0 Å². The zero-order valence-electron chi connectivity index (χ0n) is 10.3. The largest absolute Gasteiger partial charge is 0.453 e. The van der Waals surface area contributed by atoms with Crippen LogP contribution in [0.15, 0.2) is 28.7 Å². The lowest BCUT2D eigenvalue weighted by Gasteiger charge is -2.13. The molecule has 0 bridgehead atoms. The number of ether oxygens (including phenoxy) is 1. The predicted octanol–water partition coefficient (Wildman–Crippen LogP) is 4.88. The molecule has 0 atom stereocenters. The van der Waals surface area contributed by atoms with E-state index < -0.39 is 5.91 Å². The fourth-order valence-corrected chi connectivity index (χ4v) is 2.69. The molecule has 0 radical (unpaired) electrons. The lowest BCUT2D eigenvalue weighted by atomic mass is 10.1. The van der Waals surface area contributed by atoms with E-state index in [1.165, 1.54) is 18.2 Å². The minimum absolute atomic E-state index is 0.0510. The Hall–Kier alpha value is -1.14. The number of rotatable bonds is 3. The quantitative estimate of drug-likeness (QED) is 0.559. The molecule has 110 valence electrons. The molecule has 21 heavy (non-hydrogen) atoms. The third-order valence-electron chi connectivity index (χ3n) is 2.52. The molecule has 0 unspecified atom stereocenters. The monoisotopic (exact) mass is 408 g/mol. The second-order valence-electron chi connectivity index (χ2n) is 4.04. The molecule has 4 nitrogen and oxygen atoms in total. The second-order valence-corrected chi connectivity index (χ2v) is 6.12. The Kier molecular flexibility index (Phi) is 4.88. The van der Waals surface area contributed by atoms with Gasteiger partial charge in [0, 0.05) is 16.2 Å². The van der Waals surface area contributed by atoms with Gasteiger partial charge in [-0.2, -0.15) is 0 Å². The van der Waals surface area contributed by atoms with Gasteiger partial charge in [-0.3, -0.25) is 4.79 Å². The number of anilines is 1. The lowest BCUT2D eigenvalue weighted by Crippen LogP contribution is -2.13. The molecule has 2 aromatic rings. The number of amides is 1. The van der Waals surface area contributed by atoms with Crippen molar-refractivity contribution in [2.75, 3.05) is 5.73 Å². The molecule has 0 spiro atoms. The molecule has 0 fully saturated rings. The number of hydrogen-bond acceptors (Lipinski definition) is 3. The van der Waals surface area contributed by atoms with Gasteiger partial charge >= 0.3 is 0 Å². The van der Waals surface area contributed by atoms with Crippen molar-refractivity contribution in [3.63, 3.8) is 0 Å². The zero-order valence-corrected chi connectivity index (χ0v) is 14.1. The molecule has 0 aliphatic carbocycles. The maximum absolute atomic E-state index is 11.5. The maximum atomic E-state index is 11.5. The van der Waals surface area contributed by atoms with Crippen LogP contribution >= 0.6 is 50.7 Å². The summed E-state index contributed by atoms with van der Waals surface area (Å²) in [6.45, 7) is 0. The van der Waals surface area contributed by atoms with Crippen LogP contribution in [0.25, 0.3) is 0 Å². The normalized spacial score (nSPS) is 10.5. The lowest BCUT2D eigenvalue weighted by molar-refractivity contribution is 0.0998. The highest BCUT2D eigenvalue weighted by atomic mass is 79.9. The summed E-state index contributed by atoms with van der Waals surface area (Å²) < 4.78 is 6.21. The topological polar surface area (TPSA) is 78.3 Å². The Morgan fingerprint density at radius 1 is 1.05 bits per heavy atom. The maximum Gasteiger partial charge on any atom is 0.252 e. The number of carbonyl (C=O) groups is 1. The van der Waals surface area contributed by atoms with Crippen LogP contribution in [0.5, 0.6) is 11.5 Å². The van der Waals surface area contributed by atoms with Gasteiger partial charge in [-0.05, 0) is 34.1 Å². The van der Waals surface area contributed by atoms with Gasteiger partial charge in [-0.1, -0.05) is 34.8 Å². The van der Waals surface area contributed by atoms with Crippen LogP contribution < -0.4 is 16.2 Å². The highest BCUT2D eigenvalue weighted by Gasteiger charge is 2.17. The minimum atomic E-state index is -0.724. The smallest absolute Gasteiger partial charge is 0.252 e. The van der Waals surface area contributed by atoms with Crippen LogP contribution in [0.4, 0.5) is 5.69 Å². The Morgan fingerprint density at radius 2 is 1.71 bits per heavy atom. The van der Waals surface area contributed by atoms with Crippen LogP contribution in [0, 0.1) is 0 Å². The van der Waals surface area contributed by atoms with Crippen LogP contribution in [0.3, 0.4) is 0 Å². The fraction of sp³-hybridized carbons (Fsp3) is 0. The number of primary amides is 1. The van der Waals surface area contributed by atoms with Crippen molar-refractivity contribution in [1.29, 1.82) is 0 Å². The predicted molar refractivity (Wildman–Crippen MR) is 88.6 cm³/mol. The summed E-state index contributed by atoms with van der Waals surface area (Å²) in [5, 5.41) is 0.815. The van der Waals surface area contributed by atoms with Crippen LogP contribution in [-0.4, -0.2) is 5.91 Å². The first kappa shape index (κ1) is 16.2. The first-order chi connectivity index (χ1) is 9.79. The van der Waals surface area contributed by atoms with E-state index in [1.54, 1.807) is 6.07 Å². The third-order valence-corrected chi connectivity index (χ3v) is 4.29. The summed E-state index contributed by atoms with van der Waals surface area (Å²) in [4.78, 5) is 11.5. The summed E-state index contributed by atoms with van der Waals surface area (Å²) >= 11 is 21.4. The van der Waals surface area contributed by atoms with Gasteiger partial charge in [0.1, 0.15) is 5.75 Å². The molecule has 0 aromatic heterocycles. The molecule has 0 aliphatic heterocycles. The molecule has 0 aliphatic rings. The average molecular weight is 410 g/mol. The van der Waals surface area contributed by atoms with Crippen molar-refractivity contribution in [3.8, 4) is 11.5 Å². The van der Waals surface area contributed by atoms with Gasteiger partial charge in [-0.15, -0.1) is 0 Å². The molecule has 8 heteroatoms. The number of nitrogen functional groups attached to an aromatic ring is 1. The molecule has 4 N–H and O–H groups in total. The van der Waals surface area contributed by atoms with Gasteiger partial charge in [0.2, 0.25) is 0 Å². The molecule has 0 saturated heterocycles. The Bertz CT molecular complexity index is 738. The minimum Gasteiger partial charge on any atom is -0.453 e. The van der Waals surface area contributed by atoms with Crippen LogP contribution in [0.2, 0.25) is 15.1 Å². The summed E-state index contributed by atoms with van der Waals surface area (Å²) in [5.41, 5.74) is 11.3. The summed E-state index contributed by atoms with van der Waals surface area (Å²) in [5.74, 6) is -0.420. The van der Waals surface area contributed by atoms with E-state index in [0.29, 0.717) is 15.2 Å². The van der Waals surface area contributed by atoms with Gasteiger partial charge in [0.25, 0.3) is 5.91 Å². The highest BCUT2D eigenvalue weighted by Crippen LogP contribution is 2.40. The first-order valence-corrected chi connectivity index (χ1v) is 7.43. The molecule has 1 amide bonds. The van der Waals surface area contributed by atoms with E-state index in [-0.39, 0.29) is 27.1 Å². The van der Waals surface area contributed by atoms with E-state index in [4.69, 9.17) is 51.0 Å². The standard InChI is InChI=1S/C13H8BrCl3N2O2/c14-7-3-9(16)11(4-8(7)15)21-12-6(13(19)20)1-5(18)2-10(12)17/h1-4H,18H2,(H2,19,20). The fourth-order valence-electron chi connectivity index (χ4n) is 1.59. The molecular weight excluding hydrogens is 402 g/mol. The van der Waals surface area contributed by atoms with Crippen molar-refractivity contribution in [2.24, 2.45) is 5.73 Å².